The van der Waals surface area contributed by atoms with E-state index >= 15 is 0 Å². The van der Waals surface area contributed by atoms with Crippen molar-refractivity contribution >= 4 is 5.97 Å². The number of para-hydroxylation sites is 1. The predicted molar refractivity (Wildman–Crippen MR) is 77.4 cm³/mol. The molecule has 0 aliphatic heterocycles. The summed E-state index contributed by atoms with van der Waals surface area (Å²) in [4.78, 5) is 11.2. The summed E-state index contributed by atoms with van der Waals surface area (Å²) in [7, 11) is 3.15. The molecule has 0 aromatic heterocycles. The molecule has 5 heteroatoms. The van der Waals surface area contributed by atoms with Crippen LogP contribution in [0.25, 0.3) is 0 Å². The van der Waals surface area contributed by atoms with Gasteiger partial charge in [0.1, 0.15) is 5.54 Å². The minimum Gasteiger partial charge on any atom is -0.493 e. The lowest BCUT2D eigenvalue weighted by Crippen LogP contribution is -2.46. The Kier molecular flexibility index (Phi) is 5.39. The Morgan fingerprint density at radius 1 is 1.40 bits per heavy atom. The monoisotopic (exact) mass is 281 g/mol. The van der Waals surface area contributed by atoms with Crippen LogP contribution in [0.1, 0.15) is 38.2 Å². The Hall–Kier alpha value is -1.75. The third-order valence-corrected chi connectivity index (χ3v) is 3.53. The molecule has 0 fully saturated rings. The van der Waals surface area contributed by atoms with Gasteiger partial charge in [-0.2, -0.15) is 0 Å². The van der Waals surface area contributed by atoms with Gasteiger partial charge in [0.2, 0.25) is 0 Å². The first-order chi connectivity index (χ1) is 9.37. The summed E-state index contributed by atoms with van der Waals surface area (Å²) in [6.45, 7) is 3.53. The van der Waals surface area contributed by atoms with Crippen LogP contribution in [0.2, 0.25) is 0 Å². The van der Waals surface area contributed by atoms with Gasteiger partial charge >= 0.3 is 5.97 Å². The van der Waals surface area contributed by atoms with Gasteiger partial charge in [-0.3, -0.25) is 4.79 Å². The van der Waals surface area contributed by atoms with Gasteiger partial charge in [-0.15, -0.1) is 0 Å². The third kappa shape index (κ3) is 3.42. The zero-order chi connectivity index (χ0) is 15.3. The van der Waals surface area contributed by atoms with Gasteiger partial charge in [0, 0.05) is 5.56 Å². The van der Waals surface area contributed by atoms with Crippen molar-refractivity contribution in [1.82, 2.24) is 0 Å². The first-order valence-corrected chi connectivity index (χ1v) is 6.60. The molecule has 0 saturated heterocycles. The maximum Gasteiger partial charge on any atom is 0.323 e. The number of hydrogen-bond donors (Lipinski definition) is 2. The number of aliphatic carboxylic acids is 1. The lowest BCUT2D eigenvalue weighted by molar-refractivity contribution is -0.143. The minimum atomic E-state index is -1.27. The van der Waals surface area contributed by atoms with E-state index in [1.807, 2.05) is 25.1 Å². The molecular weight excluding hydrogens is 258 g/mol. The Labute approximate surface area is 119 Å². The topological polar surface area (TPSA) is 81.8 Å². The Morgan fingerprint density at radius 2 is 2.05 bits per heavy atom. The van der Waals surface area contributed by atoms with Crippen molar-refractivity contribution in [2.24, 2.45) is 5.73 Å². The van der Waals surface area contributed by atoms with E-state index in [1.165, 1.54) is 6.92 Å². The van der Waals surface area contributed by atoms with Gasteiger partial charge in [0.05, 0.1) is 14.2 Å². The Balaban J connectivity index is 3.16. The van der Waals surface area contributed by atoms with Crippen molar-refractivity contribution in [1.29, 1.82) is 0 Å². The normalized spacial score (nSPS) is 15.2. The highest BCUT2D eigenvalue weighted by Gasteiger charge is 2.32. The number of carbonyl (C=O) groups is 1. The largest absolute Gasteiger partial charge is 0.493 e. The number of rotatable bonds is 7. The molecule has 112 valence electrons. The van der Waals surface area contributed by atoms with E-state index in [1.54, 1.807) is 14.2 Å². The van der Waals surface area contributed by atoms with Crippen LogP contribution < -0.4 is 15.2 Å². The van der Waals surface area contributed by atoms with Gasteiger partial charge in [0.15, 0.2) is 11.5 Å². The van der Waals surface area contributed by atoms with Crippen molar-refractivity contribution in [2.45, 2.75) is 38.1 Å². The van der Waals surface area contributed by atoms with Crippen LogP contribution in [0.4, 0.5) is 0 Å². The number of hydrogen-bond acceptors (Lipinski definition) is 4. The molecule has 1 rings (SSSR count). The highest BCUT2D eigenvalue weighted by Crippen LogP contribution is 2.39. The molecule has 5 nitrogen and oxygen atoms in total. The summed E-state index contributed by atoms with van der Waals surface area (Å²) in [5, 5.41) is 9.18. The van der Waals surface area contributed by atoms with Gasteiger partial charge in [-0.1, -0.05) is 19.1 Å². The van der Waals surface area contributed by atoms with Crippen LogP contribution >= 0.6 is 0 Å². The minimum absolute atomic E-state index is 0.00819. The van der Waals surface area contributed by atoms with Crippen molar-refractivity contribution in [3.8, 4) is 11.5 Å². The van der Waals surface area contributed by atoms with E-state index in [4.69, 9.17) is 15.2 Å². The molecule has 2 unspecified atom stereocenters. The summed E-state index contributed by atoms with van der Waals surface area (Å²) >= 11 is 0. The van der Waals surface area contributed by atoms with Crippen LogP contribution in [-0.2, 0) is 4.79 Å². The van der Waals surface area contributed by atoms with E-state index in [-0.39, 0.29) is 5.92 Å². The van der Waals surface area contributed by atoms with E-state index in [9.17, 15) is 9.90 Å². The Bertz CT molecular complexity index is 471. The molecule has 1 aromatic carbocycles. The first-order valence-electron chi connectivity index (χ1n) is 6.60. The second-order valence-electron chi connectivity index (χ2n) is 5.11. The summed E-state index contributed by atoms with van der Waals surface area (Å²) in [6, 6.07) is 5.61. The average Bonchev–Trinajstić information content (AvgIpc) is 2.43. The fraction of sp³-hybridized carbons (Fsp3) is 0.533. The SMILES string of the molecule is CCC(CC(C)(N)C(=O)O)c1cccc(OC)c1OC. The van der Waals surface area contributed by atoms with Gasteiger partial charge in [-0.05, 0) is 31.7 Å². The molecule has 0 heterocycles. The lowest BCUT2D eigenvalue weighted by Gasteiger charge is -2.27. The number of carboxylic acid groups (broad SMARTS) is 1. The number of benzene rings is 1. The molecule has 20 heavy (non-hydrogen) atoms. The third-order valence-electron chi connectivity index (χ3n) is 3.53. The van der Waals surface area contributed by atoms with Crippen LogP contribution in [0.3, 0.4) is 0 Å². The molecule has 0 saturated carbocycles. The quantitative estimate of drug-likeness (QED) is 0.802. The number of nitrogens with two attached hydrogens (primary N) is 1. The highest BCUT2D eigenvalue weighted by atomic mass is 16.5. The van der Waals surface area contributed by atoms with Gasteiger partial charge < -0.3 is 20.3 Å². The molecule has 0 bridgehead atoms. The fourth-order valence-corrected chi connectivity index (χ4v) is 2.31. The summed E-state index contributed by atoms with van der Waals surface area (Å²) in [5.74, 6) is 0.268. The second kappa shape index (κ2) is 6.61. The van der Waals surface area contributed by atoms with Gasteiger partial charge in [-0.25, -0.2) is 0 Å². The second-order valence-corrected chi connectivity index (χ2v) is 5.11. The van der Waals surface area contributed by atoms with Crippen LogP contribution in [0.15, 0.2) is 18.2 Å². The summed E-state index contributed by atoms with van der Waals surface area (Å²) in [5.41, 5.74) is 5.52. The zero-order valence-corrected chi connectivity index (χ0v) is 12.5. The summed E-state index contributed by atoms with van der Waals surface area (Å²) in [6.07, 6.45) is 1.10. The standard InChI is InChI=1S/C15H23NO4/c1-5-10(9-15(2,16)14(17)18)11-7-6-8-12(19-3)13(11)20-4/h6-8,10H,5,9,16H2,1-4H3,(H,17,18). The maximum atomic E-state index is 11.2. The molecular formula is C15H23NO4. The van der Waals surface area contributed by atoms with E-state index in [0.717, 1.165) is 12.0 Å². The highest BCUT2D eigenvalue weighted by molar-refractivity contribution is 5.78. The lowest BCUT2D eigenvalue weighted by atomic mass is 9.83. The fourth-order valence-electron chi connectivity index (χ4n) is 2.31. The molecule has 2 atom stereocenters. The molecule has 0 aliphatic carbocycles. The summed E-state index contributed by atoms with van der Waals surface area (Å²) < 4.78 is 10.7. The molecule has 0 radical (unpaired) electrons. The van der Waals surface area contributed by atoms with Crippen LogP contribution in [0, 0.1) is 0 Å². The van der Waals surface area contributed by atoms with E-state index < -0.39 is 11.5 Å². The maximum absolute atomic E-state index is 11.2. The smallest absolute Gasteiger partial charge is 0.323 e. The predicted octanol–water partition coefficient (Wildman–Crippen LogP) is 2.39. The van der Waals surface area contributed by atoms with Crippen molar-refractivity contribution < 1.29 is 19.4 Å². The van der Waals surface area contributed by atoms with Crippen molar-refractivity contribution in [2.75, 3.05) is 14.2 Å². The van der Waals surface area contributed by atoms with Crippen LogP contribution in [0.5, 0.6) is 11.5 Å². The van der Waals surface area contributed by atoms with Crippen molar-refractivity contribution in [3.63, 3.8) is 0 Å². The molecule has 1 aromatic rings. The number of ether oxygens (including phenoxy) is 2. The first kappa shape index (κ1) is 16.3. The number of carboxylic acids is 1. The number of methoxy groups -OCH3 is 2. The van der Waals surface area contributed by atoms with E-state index in [0.29, 0.717) is 17.9 Å². The molecule has 0 spiro atoms. The zero-order valence-electron chi connectivity index (χ0n) is 12.5. The van der Waals surface area contributed by atoms with Crippen LogP contribution in [-0.4, -0.2) is 30.8 Å². The molecule has 0 aliphatic rings. The van der Waals surface area contributed by atoms with Crippen molar-refractivity contribution in [3.05, 3.63) is 23.8 Å². The van der Waals surface area contributed by atoms with E-state index in [2.05, 4.69) is 0 Å². The Morgan fingerprint density at radius 3 is 2.50 bits per heavy atom. The molecule has 0 amide bonds. The molecule has 3 N–H and O–H groups in total. The average molecular weight is 281 g/mol. The van der Waals surface area contributed by atoms with Gasteiger partial charge in [0.25, 0.3) is 0 Å².